The van der Waals surface area contributed by atoms with E-state index in [0.717, 1.165) is 12.8 Å². The third-order valence-corrected chi connectivity index (χ3v) is 4.76. The summed E-state index contributed by atoms with van der Waals surface area (Å²) in [5, 5.41) is 0. The van der Waals surface area contributed by atoms with Gasteiger partial charge in [0.15, 0.2) is 8.32 Å². The van der Waals surface area contributed by atoms with Crippen LogP contribution in [0.5, 0.6) is 0 Å². The highest BCUT2D eigenvalue weighted by atomic mass is 31.2. The van der Waals surface area contributed by atoms with E-state index in [4.69, 9.17) is 8.74 Å². The molecule has 0 rings (SSSR count). The summed E-state index contributed by atoms with van der Waals surface area (Å²) in [5.74, 6) is 0. The van der Waals surface area contributed by atoms with Crippen molar-refractivity contribution >= 4 is 16.1 Å². The van der Waals surface area contributed by atoms with Crippen LogP contribution in [0.4, 0.5) is 0 Å². The third kappa shape index (κ3) is 8.65. The first-order valence-electron chi connectivity index (χ1n) is 4.45. The second kappa shape index (κ2) is 5.27. The molecule has 0 spiro atoms. The molecule has 0 aromatic carbocycles. The van der Waals surface area contributed by atoms with Crippen LogP contribution >= 0.6 is 7.82 Å². The van der Waals surface area contributed by atoms with Crippen LogP contribution < -0.4 is 0 Å². The van der Waals surface area contributed by atoms with Crippen molar-refractivity contribution in [1.82, 2.24) is 0 Å². The number of rotatable bonds is 6. The minimum atomic E-state index is -3.78. The molecular formula is C7H19O4PSi. The van der Waals surface area contributed by atoms with Crippen molar-refractivity contribution in [3.63, 3.8) is 0 Å². The van der Waals surface area contributed by atoms with E-state index in [1.807, 2.05) is 26.6 Å². The summed E-state index contributed by atoms with van der Waals surface area (Å²) in [6.45, 7) is 7.82. The van der Waals surface area contributed by atoms with Crippen LogP contribution in [-0.2, 0) is 13.3 Å². The molecule has 6 heteroatoms. The van der Waals surface area contributed by atoms with E-state index < -0.39 is 16.1 Å². The van der Waals surface area contributed by atoms with Gasteiger partial charge in [0.2, 0.25) is 0 Å². The average molecular weight is 226 g/mol. The summed E-state index contributed by atoms with van der Waals surface area (Å²) >= 11 is 0. The van der Waals surface area contributed by atoms with Crippen LogP contribution in [0.15, 0.2) is 0 Å². The van der Waals surface area contributed by atoms with Crippen LogP contribution in [0.25, 0.3) is 0 Å². The SMILES string of the molecule is CCCCOP(=O)(O)O[Si](C)(C)C. The topological polar surface area (TPSA) is 55.8 Å². The second-order valence-corrected chi connectivity index (χ2v) is 10.0. The Labute approximate surface area is 81.0 Å². The molecule has 0 heterocycles. The van der Waals surface area contributed by atoms with E-state index >= 15 is 0 Å². The first-order chi connectivity index (χ1) is 5.77. The van der Waals surface area contributed by atoms with Gasteiger partial charge in [-0.05, 0) is 26.1 Å². The van der Waals surface area contributed by atoms with Crippen molar-refractivity contribution in [3.8, 4) is 0 Å². The predicted molar refractivity (Wildman–Crippen MR) is 55.1 cm³/mol. The highest BCUT2D eigenvalue weighted by molar-refractivity contribution is 7.49. The summed E-state index contributed by atoms with van der Waals surface area (Å²) in [7, 11) is -5.77. The number of phosphoric ester groups is 1. The van der Waals surface area contributed by atoms with Crippen LogP contribution in [0.1, 0.15) is 19.8 Å². The van der Waals surface area contributed by atoms with Crippen molar-refractivity contribution in [2.24, 2.45) is 0 Å². The van der Waals surface area contributed by atoms with Gasteiger partial charge in [0, 0.05) is 0 Å². The average Bonchev–Trinajstić information content (AvgIpc) is 1.81. The van der Waals surface area contributed by atoms with E-state index in [9.17, 15) is 9.46 Å². The van der Waals surface area contributed by atoms with Crippen molar-refractivity contribution < 1.29 is 18.2 Å². The van der Waals surface area contributed by atoms with Gasteiger partial charge in [0.1, 0.15) is 0 Å². The minimum absolute atomic E-state index is 0.286. The molecule has 0 saturated carbocycles. The summed E-state index contributed by atoms with van der Waals surface area (Å²) < 4.78 is 21.0. The van der Waals surface area contributed by atoms with Gasteiger partial charge in [-0.15, -0.1) is 0 Å². The Morgan fingerprint density at radius 3 is 2.31 bits per heavy atom. The molecule has 0 radical (unpaired) electrons. The Bertz CT molecular complexity index is 189. The van der Waals surface area contributed by atoms with Crippen molar-refractivity contribution in [1.29, 1.82) is 0 Å². The maximum absolute atomic E-state index is 11.3. The van der Waals surface area contributed by atoms with E-state index in [1.165, 1.54) is 0 Å². The Morgan fingerprint density at radius 1 is 1.38 bits per heavy atom. The number of unbranched alkanes of at least 4 members (excludes halogenated alkanes) is 1. The summed E-state index contributed by atoms with van der Waals surface area (Å²) in [4.78, 5) is 9.22. The maximum Gasteiger partial charge on any atom is 0.462 e. The van der Waals surface area contributed by atoms with E-state index in [1.54, 1.807) is 0 Å². The van der Waals surface area contributed by atoms with Crippen LogP contribution in [0, 0.1) is 0 Å². The van der Waals surface area contributed by atoms with Gasteiger partial charge < -0.3 is 9.11 Å². The molecule has 0 aromatic rings. The van der Waals surface area contributed by atoms with Gasteiger partial charge >= 0.3 is 7.82 Å². The lowest BCUT2D eigenvalue weighted by Crippen LogP contribution is -2.24. The van der Waals surface area contributed by atoms with Crippen molar-refractivity contribution in [2.75, 3.05) is 6.61 Å². The molecule has 1 atom stereocenters. The number of hydrogen-bond donors (Lipinski definition) is 1. The molecule has 0 aromatic heterocycles. The van der Waals surface area contributed by atoms with Crippen LogP contribution in [0.2, 0.25) is 19.6 Å². The molecule has 4 nitrogen and oxygen atoms in total. The van der Waals surface area contributed by atoms with Crippen molar-refractivity contribution in [2.45, 2.75) is 39.4 Å². The van der Waals surface area contributed by atoms with Crippen LogP contribution in [0.3, 0.4) is 0 Å². The molecule has 0 aliphatic carbocycles. The van der Waals surface area contributed by atoms with Crippen LogP contribution in [-0.4, -0.2) is 19.8 Å². The molecule has 0 bridgehead atoms. The fourth-order valence-electron chi connectivity index (χ4n) is 0.697. The lowest BCUT2D eigenvalue weighted by molar-refractivity contribution is 0.199. The van der Waals surface area contributed by atoms with Gasteiger partial charge in [-0.2, -0.15) is 0 Å². The highest BCUT2D eigenvalue weighted by Crippen LogP contribution is 2.46. The maximum atomic E-state index is 11.3. The van der Waals surface area contributed by atoms with Gasteiger partial charge in [-0.25, -0.2) is 4.57 Å². The first-order valence-corrected chi connectivity index (χ1v) is 9.35. The molecule has 0 aliphatic heterocycles. The zero-order chi connectivity index (χ0) is 10.5. The summed E-state index contributed by atoms with van der Waals surface area (Å²) in [6, 6.07) is 0. The highest BCUT2D eigenvalue weighted by Gasteiger charge is 2.29. The molecule has 0 fully saturated rings. The Kier molecular flexibility index (Phi) is 5.40. The van der Waals surface area contributed by atoms with Gasteiger partial charge in [-0.3, -0.25) is 4.52 Å². The van der Waals surface area contributed by atoms with E-state index in [2.05, 4.69) is 0 Å². The normalized spacial score (nSPS) is 17.0. The summed E-state index contributed by atoms with van der Waals surface area (Å²) in [5.41, 5.74) is 0. The van der Waals surface area contributed by atoms with Crippen molar-refractivity contribution in [3.05, 3.63) is 0 Å². The molecule has 1 unspecified atom stereocenters. The van der Waals surface area contributed by atoms with E-state index in [-0.39, 0.29) is 6.61 Å². The lowest BCUT2D eigenvalue weighted by Gasteiger charge is -2.20. The fraction of sp³-hybridized carbons (Fsp3) is 1.00. The Balaban J connectivity index is 3.88. The van der Waals surface area contributed by atoms with E-state index in [0.29, 0.717) is 0 Å². The number of hydrogen-bond acceptors (Lipinski definition) is 3. The third-order valence-electron chi connectivity index (χ3n) is 1.14. The zero-order valence-corrected chi connectivity index (χ0v) is 10.6. The molecular weight excluding hydrogens is 207 g/mol. The predicted octanol–water partition coefficient (Wildman–Crippen LogP) is 2.76. The van der Waals surface area contributed by atoms with Gasteiger partial charge in [0.25, 0.3) is 0 Å². The molecule has 0 aliphatic rings. The minimum Gasteiger partial charge on any atom is -0.330 e. The molecule has 0 amide bonds. The molecule has 13 heavy (non-hydrogen) atoms. The van der Waals surface area contributed by atoms with Gasteiger partial charge in [0.05, 0.1) is 6.61 Å². The standard InChI is InChI=1S/C7H19O4PSi/c1-5-6-7-10-12(8,9)11-13(2,3)4/h5-7H2,1-4H3,(H,8,9). The zero-order valence-electron chi connectivity index (χ0n) is 8.74. The fourth-order valence-corrected chi connectivity index (χ4v) is 4.04. The monoisotopic (exact) mass is 226 g/mol. The Morgan fingerprint density at radius 2 is 1.92 bits per heavy atom. The molecule has 0 saturated heterocycles. The quantitative estimate of drug-likeness (QED) is 0.430. The molecule has 80 valence electrons. The smallest absolute Gasteiger partial charge is 0.330 e. The number of phosphoric acid groups is 1. The summed E-state index contributed by atoms with van der Waals surface area (Å²) in [6.07, 6.45) is 1.71. The molecule has 1 N–H and O–H groups in total. The lowest BCUT2D eigenvalue weighted by atomic mass is 10.4. The van der Waals surface area contributed by atoms with Gasteiger partial charge in [-0.1, -0.05) is 13.3 Å². The first kappa shape index (κ1) is 13.3. The second-order valence-electron chi connectivity index (χ2n) is 3.86. The largest absolute Gasteiger partial charge is 0.462 e. The Hall–Kier alpha value is 0.327.